The summed E-state index contributed by atoms with van der Waals surface area (Å²) in [5.74, 6) is -0.382. The highest BCUT2D eigenvalue weighted by Crippen LogP contribution is 2.30. The van der Waals surface area contributed by atoms with Crippen LogP contribution in [0, 0.1) is 0 Å². The smallest absolute Gasteiger partial charge is 0.257 e. The van der Waals surface area contributed by atoms with Gasteiger partial charge in [-0.3, -0.25) is 14.9 Å². The standard InChI is InChI=1S/C18H19N3O3S/c22-16(21-18-20-13-6-2-8-15(13)25-18)11-4-1-5-12(10-11)19-17(23)14-7-3-9-24-14/h1,4-5,10,14H,2-3,6-9H2,(H,19,23)(H,20,21,22). The topological polar surface area (TPSA) is 80.3 Å². The van der Waals surface area contributed by atoms with Gasteiger partial charge in [0.05, 0.1) is 5.69 Å². The zero-order valence-corrected chi connectivity index (χ0v) is 14.5. The van der Waals surface area contributed by atoms with Crippen molar-refractivity contribution in [1.29, 1.82) is 0 Å². The van der Waals surface area contributed by atoms with Crippen molar-refractivity contribution in [1.82, 2.24) is 4.98 Å². The van der Waals surface area contributed by atoms with Crippen LogP contribution in [0.15, 0.2) is 24.3 Å². The molecule has 1 aliphatic heterocycles. The molecule has 0 saturated carbocycles. The number of thiazole rings is 1. The Morgan fingerprint density at radius 1 is 1.20 bits per heavy atom. The lowest BCUT2D eigenvalue weighted by Crippen LogP contribution is -2.27. The number of aromatic nitrogens is 1. The van der Waals surface area contributed by atoms with E-state index in [1.54, 1.807) is 35.6 Å². The number of hydrogen-bond acceptors (Lipinski definition) is 5. The summed E-state index contributed by atoms with van der Waals surface area (Å²) in [7, 11) is 0. The minimum atomic E-state index is -0.393. The van der Waals surface area contributed by atoms with Crippen LogP contribution < -0.4 is 10.6 Å². The van der Waals surface area contributed by atoms with Gasteiger partial charge in [-0.25, -0.2) is 4.98 Å². The van der Waals surface area contributed by atoms with Crippen LogP contribution in [-0.4, -0.2) is 29.5 Å². The van der Waals surface area contributed by atoms with Crippen molar-refractivity contribution in [2.24, 2.45) is 0 Å². The maximum atomic E-state index is 12.5. The van der Waals surface area contributed by atoms with Crippen LogP contribution in [0.25, 0.3) is 0 Å². The number of anilines is 2. The van der Waals surface area contributed by atoms with Gasteiger partial charge in [0.1, 0.15) is 6.10 Å². The molecule has 1 aliphatic carbocycles. The average Bonchev–Trinajstić information content (AvgIpc) is 3.32. The van der Waals surface area contributed by atoms with Crippen LogP contribution in [-0.2, 0) is 22.4 Å². The molecular formula is C18H19N3O3S. The third-order valence-electron chi connectivity index (χ3n) is 4.43. The van der Waals surface area contributed by atoms with Crippen LogP contribution in [0.1, 0.15) is 40.2 Å². The Labute approximate surface area is 149 Å². The first-order valence-electron chi connectivity index (χ1n) is 8.51. The number of nitrogens with zero attached hydrogens (tertiary/aromatic N) is 1. The number of aryl methyl sites for hydroxylation is 2. The number of rotatable bonds is 4. The van der Waals surface area contributed by atoms with Crippen molar-refractivity contribution >= 4 is 34.0 Å². The van der Waals surface area contributed by atoms with E-state index in [-0.39, 0.29) is 11.8 Å². The fourth-order valence-corrected chi connectivity index (χ4v) is 4.20. The second kappa shape index (κ2) is 6.93. The number of benzene rings is 1. The minimum absolute atomic E-state index is 0.161. The van der Waals surface area contributed by atoms with E-state index in [0.29, 0.717) is 23.0 Å². The molecule has 1 aromatic heterocycles. The van der Waals surface area contributed by atoms with Crippen LogP contribution in [0.5, 0.6) is 0 Å². The maximum absolute atomic E-state index is 12.5. The van der Waals surface area contributed by atoms with E-state index in [9.17, 15) is 9.59 Å². The Bertz CT molecular complexity index is 790. The van der Waals surface area contributed by atoms with Crippen LogP contribution in [0.2, 0.25) is 0 Å². The number of amides is 2. The summed E-state index contributed by atoms with van der Waals surface area (Å²) in [4.78, 5) is 30.3. The Morgan fingerprint density at radius 2 is 2.12 bits per heavy atom. The van der Waals surface area contributed by atoms with Gasteiger partial charge in [-0.1, -0.05) is 6.07 Å². The zero-order chi connectivity index (χ0) is 17.2. The molecule has 1 unspecified atom stereocenters. The number of carbonyl (C=O) groups excluding carboxylic acids is 2. The fraction of sp³-hybridized carbons (Fsp3) is 0.389. The Kier molecular flexibility index (Phi) is 4.50. The average molecular weight is 357 g/mol. The maximum Gasteiger partial charge on any atom is 0.257 e. The quantitative estimate of drug-likeness (QED) is 0.881. The molecule has 2 aromatic rings. The van der Waals surface area contributed by atoms with Crippen molar-refractivity contribution in [3.05, 3.63) is 40.4 Å². The van der Waals surface area contributed by atoms with E-state index in [1.807, 2.05) is 0 Å². The van der Waals surface area contributed by atoms with Crippen molar-refractivity contribution in [3.8, 4) is 0 Å². The molecule has 4 rings (SSSR count). The second-order valence-electron chi connectivity index (χ2n) is 6.27. The van der Waals surface area contributed by atoms with Crippen LogP contribution >= 0.6 is 11.3 Å². The van der Waals surface area contributed by atoms with E-state index >= 15 is 0 Å². The first-order chi connectivity index (χ1) is 12.2. The molecule has 0 spiro atoms. The predicted molar refractivity (Wildman–Crippen MR) is 96.1 cm³/mol. The normalized spacial score (nSPS) is 18.8. The first-order valence-corrected chi connectivity index (χ1v) is 9.33. The summed E-state index contributed by atoms with van der Waals surface area (Å²) < 4.78 is 5.38. The number of nitrogens with one attached hydrogen (secondary N) is 2. The summed E-state index contributed by atoms with van der Waals surface area (Å²) in [6.45, 7) is 0.623. The Balaban J connectivity index is 1.42. The number of fused-ring (bicyclic) bond motifs is 1. The van der Waals surface area contributed by atoms with Gasteiger partial charge in [-0.05, 0) is 50.3 Å². The van der Waals surface area contributed by atoms with Crippen LogP contribution in [0.3, 0.4) is 0 Å². The van der Waals surface area contributed by atoms with Gasteiger partial charge in [0.15, 0.2) is 5.13 Å². The number of hydrogen-bond donors (Lipinski definition) is 2. The van der Waals surface area contributed by atoms with Gasteiger partial charge in [0, 0.05) is 22.7 Å². The molecule has 1 atom stereocenters. The molecular weight excluding hydrogens is 338 g/mol. The van der Waals surface area contributed by atoms with Crippen molar-refractivity contribution in [3.63, 3.8) is 0 Å². The summed E-state index contributed by atoms with van der Waals surface area (Å²) in [5, 5.41) is 6.31. The fourth-order valence-electron chi connectivity index (χ4n) is 3.16. The molecule has 6 nitrogen and oxygen atoms in total. The van der Waals surface area contributed by atoms with E-state index in [1.165, 1.54) is 4.88 Å². The second-order valence-corrected chi connectivity index (χ2v) is 7.35. The summed E-state index contributed by atoms with van der Waals surface area (Å²) >= 11 is 1.55. The predicted octanol–water partition coefficient (Wildman–Crippen LogP) is 3.00. The van der Waals surface area contributed by atoms with Gasteiger partial charge in [0.25, 0.3) is 11.8 Å². The monoisotopic (exact) mass is 357 g/mol. The molecule has 25 heavy (non-hydrogen) atoms. The van der Waals surface area contributed by atoms with Gasteiger partial charge < -0.3 is 10.1 Å². The highest BCUT2D eigenvalue weighted by Gasteiger charge is 2.24. The number of carbonyl (C=O) groups is 2. The third-order valence-corrected chi connectivity index (χ3v) is 5.50. The Morgan fingerprint density at radius 3 is 2.92 bits per heavy atom. The Hall–Kier alpha value is -2.25. The van der Waals surface area contributed by atoms with Crippen molar-refractivity contribution in [2.75, 3.05) is 17.2 Å². The lowest BCUT2D eigenvalue weighted by atomic mass is 10.1. The summed E-state index contributed by atoms with van der Waals surface area (Å²) in [5.41, 5.74) is 2.19. The van der Waals surface area contributed by atoms with Gasteiger partial charge >= 0.3 is 0 Å². The van der Waals surface area contributed by atoms with Gasteiger partial charge in [0.2, 0.25) is 0 Å². The van der Waals surface area contributed by atoms with E-state index < -0.39 is 6.10 Å². The molecule has 1 saturated heterocycles. The highest BCUT2D eigenvalue weighted by molar-refractivity contribution is 7.16. The lowest BCUT2D eigenvalue weighted by Gasteiger charge is -2.11. The summed E-state index contributed by atoms with van der Waals surface area (Å²) in [6.07, 6.45) is 4.43. The third kappa shape index (κ3) is 3.57. The molecule has 1 fully saturated rings. The molecule has 7 heteroatoms. The summed E-state index contributed by atoms with van der Waals surface area (Å²) in [6, 6.07) is 6.91. The van der Waals surface area contributed by atoms with E-state index in [2.05, 4.69) is 15.6 Å². The van der Waals surface area contributed by atoms with Crippen LogP contribution in [0.4, 0.5) is 10.8 Å². The molecule has 2 heterocycles. The molecule has 0 radical (unpaired) electrons. The molecule has 2 aliphatic rings. The van der Waals surface area contributed by atoms with Gasteiger partial charge in [-0.15, -0.1) is 11.3 Å². The van der Waals surface area contributed by atoms with Gasteiger partial charge in [-0.2, -0.15) is 0 Å². The van der Waals surface area contributed by atoms with E-state index in [4.69, 9.17) is 4.74 Å². The van der Waals surface area contributed by atoms with E-state index in [0.717, 1.165) is 37.8 Å². The largest absolute Gasteiger partial charge is 0.368 e. The zero-order valence-electron chi connectivity index (χ0n) is 13.7. The molecule has 130 valence electrons. The lowest BCUT2D eigenvalue weighted by molar-refractivity contribution is -0.124. The van der Waals surface area contributed by atoms with Crippen molar-refractivity contribution in [2.45, 2.75) is 38.2 Å². The molecule has 1 aromatic carbocycles. The molecule has 2 amide bonds. The SMILES string of the molecule is O=C(Nc1nc2c(s1)CCC2)c1cccc(NC(=O)C2CCCO2)c1. The number of ether oxygens (including phenoxy) is 1. The molecule has 2 N–H and O–H groups in total. The van der Waals surface area contributed by atoms with Crippen molar-refractivity contribution < 1.29 is 14.3 Å². The first kappa shape index (κ1) is 16.2. The highest BCUT2D eigenvalue weighted by atomic mass is 32.1. The molecule has 0 bridgehead atoms. The minimum Gasteiger partial charge on any atom is -0.368 e.